The Morgan fingerprint density at radius 1 is 1.16 bits per heavy atom. The van der Waals surface area contributed by atoms with Gasteiger partial charge < -0.3 is 14.8 Å². The van der Waals surface area contributed by atoms with E-state index in [9.17, 15) is 4.79 Å². The molecule has 0 spiro atoms. The zero-order valence-corrected chi connectivity index (χ0v) is 13.8. The van der Waals surface area contributed by atoms with Gasteiger partial charge in [-0.25, -0.2) is 9.97 Å². The van der Waals surface area contributed by atoms with Crippen LogP contribution in [0.25, 0.3) is 11.3 Å². The quantitative estimate of drug-likeness (QED) is 0.782. The summed E-state index contributed by atoms with van der Waals surface area (Å²) in [5, 5.41) is 0. The third kappa shape index (κ3) is 2.14. The summed E-state index contributed by atoms with van der Waals surface area (Å²) in [4.78, 5) is 29.3. The van der Waals surface area contributed by atoms with Gasteiger partial charge in [-0.1, -0.05) is 0 Å². The predicted molar refractivity (Wildman–Crippen MR) is 96.2 cm³/mol. The number of carbonyl (C=O) groups excluding carboxylic acids is 1. The van der Waals surface area contributed by atoms with Crippen molar-refractivity contribution < 1.29 is 4.79 Å². The first-order chi connectivity index (χ1) is 12.2. The Hall–Kier alpha value is -3.15. The Labute approximate surface area is 145 Å². The van der Waals surface area contributed by atoms with Crippen molar-refractivity contribution in [3.63, 3.8) is 0 Å². The first kappa shape index (κ1) is 14.2. The lowest BCUT2D eigenvalue weighted by Crippen LogP contribution is -2.25. The number of anilines is 3. The zero-order chi connectivity index (χ0) is 17.0. The molecule has 1 fully saturated rings. The van der Waals surface area contributed by atoms with E-state index >= 15 is 0 Å². The average Bonchev–Trinajstić information content (AvgIpc) is 3.33. The van der Waals surface area contributed by atoms with Crippen LogP contribution >= 0.6 is 0 Å². The first-order valence-electron chi connectivity index (χ1n) is 8.40. The topological polar surface area (TPSA) is 65.1 Å². The van der Waals surface area contributed by atoms with Crippen molar-refractivity contribution >= 4 is 23.2 Å². The number of nitrogens with zero attached hydrogens (tertiary/aromatic N) is 4. The van der Waals surface area contributed by atoms with Crippen LogP contribution in [0.4, 0.5) is 17.3 Å². The Morgan fingerprint density at radius 2 is 2.04 bits per heavy atom. The van der Waals surface area contributed by atoms with E-state index in [0.29, 0.717) is 17.4 Å². The maximum absolute atomic E-state index is 12.9. The lowest BCUT2D eigenvalue weighted by Gasteiger charge is -2.24. The van der Waals surface area contributed by atoms with E-state index in [1.54, 1.807) is 18.1 Å². The fraction of sp³-hybridized carbons (Fsp3) is 0.211. The smallest absolute Gasteiger partial charge is 0.261 e. The molecular formula is C19H17N5O. The fourth-order valence-corrected chi connectivity index (χ4v) is 3.35. The van der Waals surface area contributed by atoms with Gasteiger partial charge in [0.2, 0.25) is 0 Å². The molecule has 2 aliphatic rings. The Balaban J connectivity index is 1.77. The highest BCUT2D eigenvalue weighted by atomic mass is 16.2. The highest BCUT2D eigenvalue weighted by Gasteiger charge is 2.39. The minimum absolute atomic E-state index is 0.0521. The molecule has 5 rings (SSSR count). The van der Waals surface area contributed by atoms with Gasteiger partial charge in [-0.05, 0) is 43.2 Å². The second-order valence-electron chi connectivity index (χ2n) is 6.48. The number of hydrogen-bond donors (Lipinski definition) is 1. The molecule has 0 unspecified atom stereocenters. The molecule has 3 aromatic rings. The molecule has 0 aromatic carbocycles. The SMILES string of the molecule is CN1C(=O)c2cccnc2N(C2CC2)c2nc(-c3cc[nH]c3)ccc21. The number of amides is 1. The summed E-state index contributed by atoms with van der Waals surface area (Å²) >= 11 is 0. The van der Waals surface area contributed by atoms with Crippen molar-refractivity contribution in [3.8, 4) is 11.3 Å². The van der Waals surface area contributed by atoms with Crippen LogP contribution in [-0.4, -0.2) is 33.9 Å². The van der Waals surface area contributed by atoms with Crippen LogP contribution in [0.5, 0.6) is 0 Å². The molecule has 0 atom stereocenters. The monoisotopic (exact) mass is 331 g/mol. The van der Waals surface area contributed by atoms with E-state index in [0.717, 1.165) is 35.6 Å². The lowest BCUT2D eigenvalue weighted by atomic mass is 10.2. The van der Waals surface area contributed by atoms with Crippen molar-refractivity contribution in [2.75, 3.05) is 16.8 Å². The van der Waals surface area contributed by atoms with Gasteiger partial charge in [-0.15, -0.1) is 0 Å². The second-order valence-corrected chi connectivity index (χ2v) is 6.48. The van der Waals surface area contributed by atoms with Crippen molar-refractivity contribution in [2.24, 2.45) is 0 Å². The molecule has 3 aromatic heterocycles. The lowest BCUT2D eigenvalue weighted by molar-refractivity contribution is 0.0994. The van der Waals surface area contributed by atoms with E-state index in [4.69, 9.17) is 4.98 Å². The molecule has 1 saturated carbocycles. The second kappa shape index (κ2) is 5.17. The largest absolute Gasteiger partial charge is 0.367 e. The fourth-order valence-electron chi connectivity index (χ4n) is 3.35. The highest BCUT2D eigenvalue weighted by molar-refractivity contribution is 6.12. The Kier molecular flexibility index (Phi) is 2.94. The number of fused-ring (bicyclic) bond motifs is 2. The molecule has 0 bridgehead atoms. The van der Waals surface area contributed by atoms with Gasteiger partial charge >= 0.3 is 0 Å². The molecule has 1 N–H and O–H groups in total. The number of pyridine rings is 2. The van der Waals surface area contributed by atoms with Gasteiger partial charge in [-0.3, -0.25) is 4.79 Å². The molecule has 25 heavy (non-hydrogen) atoms. The minimum Gasteiger partial charge on any atom is -0.367 e. The first-order valence-corrected chi connectivity index (χ1v) is 8.40. The van der Waals surface area contributed by atoms with Crippen molar-refractivity contribution in [3.05, 3.63) is 54.5 Å². The van der Waals surface area contributed by atoms with Crippen LogP contribution in [0.3, 0.4) is 0 Å². The molecule has 0 saturated heterocycles. The van der Waals surface area contributed by atoms with Gasteiger partial charge in [0.15, 0.2) is 5.82 Å². The summed E-state index contributed by atoms with van der Waals surface area (Å²) in [5.74, 6) is 1.46. The van der Waals surface area contributed by atoms with Gasteiger partial charge in [0.05, 0.1) is 16.9 Å². The number of hydrogen-bond acceptors (Lipinski definition) is 4. The molecular weight excluding hydrogens is 314 g/mol. The maximum atomic E-state index is 12.9. The van der Waals surface area contributed by atoms with Crippen LogP contribution in [0.2, 0.25) is 0 Å². The third-order valence-electron chi connectivity index (χ3n) is 4.80. The van der Waals surface area contributed by atoms with Crippen LogP contribution < -0.4 is 9.80 Å². The van der Waals surface area contributed by atoms with Gasteiger partial charge in [0.1, 0.15) is 5.82 Å². The molecule has 6 heteroatoms. The van der Waals surface area contributed by atoms with E-state index in [1.165, 1.54) is 0 Å². The summed E-state index contributed by atoms with van der Waals surface area (Å²) in [6.45, 7) is 0. The van der Waals surface area contributed by atoms with Crippen molar-refractivity contribution in [1.29, 1.82) is 0 Å². The summed E-state index contributed by atoms with van der Waals surface area (Å²) in [6.07, 6.45) is 7.72. The van der Waals surface area contributed by atoms with Crippen LogP contribution in [0.15, 0.2) is 48.9 Å². The molecule has 124 valence electrons. The number of aromatic amines is 1. The van der Waals surface area contributed by atoms with E-state index in [1.807, 2.05) is 42.7 Å². The zero-order valence-electron chi connectivity index (χ0n) is 13.8. The minimum atomic E-state index is -0.0521. The molecule has 1 amide bonds. The van der Waals surface area contributed by atoms with E-state index in [-0.39, 0.29) is 5.91 Å². The summed E-state index contributed by atoms with van der Waals surface area (Å²) in [5.41, 5.74) is 3.34. The van der Waals surface area contributed by atoms with Crippen LogP contribution in [0.1, 0.15) is 23.2 Å². The summed E-state index contributed by atoms with van der Waals surface area (Å²) in [7, 11) is 1.80. The summed E-state index contributed by atoms with van der Waals surface area (Å²) < 4.78 is 0. The molecule has 1 aliphatic heterocycles. The van der Waals surface area contributed by atoms with E-state index in [2.05, 4.69) is 14.9 Å². The van der Waals surface area contributed by atoms with Gasteiger partial charge in [-0.2, -0.15) is 0 Å². The average molecular weight is 331 g/mol. The molecule has 1 aliphatic carbocycles. The predicted octanol–water partition coefficient (Wildman–Crippen LogP) is 3.36. The third-order valence-corrected chi connectivity index (χ3v) is 4.80. The van der Waals surface area contributed by atoms with Crippen molar-refractivity contribution in [2.45, 2.75) is 18.9 Å². The van der Waals surface area contributed by atoms with E-state index < -0.39 is 0 Å². The normalized spacial score (nSPS) is 16.4. The van der Waals surface area contributed by atoms with Gasteiger partial charge in [0, 0.05) is 37.2 Å². The molecule has 0 radical (unpaired) electrons. The number of rotatable bonds is 2. The summed E-state index contributed by atoms with van der Waals surface area (Å²) in [6, 6.07) is 9.93. The maximum Gasteiger partial charge on any atom is 0.261 e. The van der Waals surface area contributed by atoms with Crippen LogP contribution in [0, 0.1) is 0 Å². The molecule has 6 nitrogen and oxygen atoms in total. The standard InChI is InChI=1S/C19H17N5O/c1-23-16-7-6-15(12-8-10-20-11-12)22-18(16)24(13-4-5-13)17-14(19(23)25)3-2-9-21-17/h2-3,6-11,13,20H,4-5H2,1H3. The van der Waals surface area contributed by atoms with Gasteiger partial charge in [0.25, 0.3) is 5.91 Å². The number of nitrogens with one attached hydrogen (secondary N) is 1. The van der Waals surface area contributed by atoms with Crippen LogP contribution in [-0.2, 0) is 0 Å². The Bertz CT molecular complexity index is 962. The number of carbonyl (C=O) groups is 1. The number of aromatic nitrogens is 3. The number of H-pyrrole nitrogens is 1. The van der Waals surface area contributed by atoms with Crippen molar-refractivity contribution in [1.82, 2.24) is 15.0 Å². The highest BCUT2D eigenvalue weighted by Crippen LogP contribution is 2.45. The Morgan fingerprint density at radius 3 is 2.80 bits per heavy atom. The molecule has 4 heterocycles.